The first kappa shape index (κ1) is 9.90. The Hall–Kier alpha value is -2.29. The molecule has 0 aliphatic rings. The van der Waals surface area contributed by atoms with Crippen molar-refractivity contribution in [3.8, 4) is 11.4 Å². The summed E-state index contributed by atoms with van der Waals surface area (Å²) in [6, 6.07) is 12.1. The highest BCUT2D eigenvalue weighted by molar-refractivity contribution is 5.85. The van der Waals surface area contributed by atoms with E-state index in [4.69, 9.17) is 5.73 Å². The van der Waals surface area contributed by atoms with Crippen molar-refractivity contribution in [3.05, 3.63) is 48.2 Å². The molecule has 3 heteroatoms. The molecule has 0 unspecified atom stereocenters. The summed E-state index contributed by atoms with van der Waals surface area (Å²) in [5.41, 5.74) is 10.7. The number of nitrogens with one attached hydrogen (secondary N) is 1. The van der Waals surface area contributed by atoms with Crippen molar-refractivity contribution in [3.63, 3.8) is 0 Å². The van der Waals surface area contributed by atoms with E-state index in [2.05, 4.69) is 41.2 Å². The summed E-state index contributed by atoms with van der Waals surface area (Å²) in [5.74, 6) is 0. The molecule has 3 aromatic rings. The van der Waals surface area contributed by atoms with Crippen LogP contribution in [0.5, 0.6) is 0 Å². The maximum atomic E-state index is 5.76. The summed E-state index contributed by atoms with van der Waals surface area (Å²) in [4.78, 5) is 7.68. The molecule has 0 bridgehead atoms. The Morgan fingerprint density at radius 2 is 2.00 bits per heavy atom. The average molecular weight is 223 g/mol. The lowest BCUT2D eigenvalue weighted by Crippen LogP contribution is -1.88. The molecule has 0 atom stereocenters. The van der Waals surface area contributed by atoms with Crippen LogP contribution >= 0.6 is 0 Å². The molecule has 0 radical (unpaired) electrons. The molecule has 2 aromatic heterocycles. The van der Waals surface area contributed by atoms with Crippen LogP contribution in [0.2, 0.25) is 0 Å². The number of nitrogen functional groups attached to an aromatic ring is 1. The van der Waals surface area contributed by atoms with Gasteiger partial charge in [-0.25, -0.2) is 0 Å². The third kappa shape index (κ3) is 1.76. The van der Waals surface area contributed by atoms with Gasteiger partial charge in [0.25, 0.3) is 0 Å². The minimum atomic E-state index is 0.727. The van der Waals surface area contributed by atoms with E-state index in [1.807, 2.05) is 6.07 Å². The van der Waals surface area contributed by atoms with Gasteiger partial charge in [-0.3, -0.25) is 4.98 Å². The highest BCUT2D eigenvalue weighted by Crippen LogP contribution is 2.24. The van der Waals surface area contributed by atoms with Gasteiger partial charge in [0.2, 0.25) is 0 Å². The van der Waals surface area contributed by atoms with Crippen LogP contribution in [0.15, 0.2) is 42.6 Å². The number of rotatable bonds is 1. The maximum Gasteiger partial charge on any atom is 0.0885 e. The standard InChI is InChI=1S/C14H13N3/c1-9-2-3-10-7-14(17-12(10)6-9)13-8-11(15)4-5-16-13/h2-8,17H,1H3,(H2,15,16). The third-order valence-corrected chi connectivity index (χ3v) is 2.84. The van der Waals surface area contributed by atoms with E-state index in [-0.39, 0.29) is 0 Å². The zero-order valence-corrected chi connectivity index (χ0v) is 9.57. The van der Waals surface area contributed by atoms with Gasteiger partial charge in [-0.1, -0.05) is 12.1 Å². The zero-order valence-electron chi connectivity index (χ0n) is 9.57. The van der Waals surface area contributed by atoms with Gasteiger partial charge in [0, 0.05) is 22.8 Å². The minimum Gasteiger partial charge on any atom is -0.399 e. The van der Waals surface area contributed by atoms with Crippen LogP contribution in [0, 0.1) is 6.92 Å². The topological polar surface area (TPSA) is 54.7 Å². The number of benzene rings is 1. The highest BCUT2D eigenvalue weighted by atomic mass is 14.8. The van der Waals surface area contributed by atoms with E-state index >= 15 is 0 Å². The van der Waals surface area contributed by atoms with E-state index in [9.17, 15) is 0 Å². The Bertz CT molecular complexity index is 683. The SMILES string of the molecule is Cc1ccc2cc(-c3cc(N)ccn3)[nH]c2c1. The fourth-order valence-electron chi connectivity index (χ4n) is 1.97. The number of hydrogen-bond acceptors (Lipinski definition) is 2. The van der Waals surface area contributed by atoms with Crippen LogP contribution < -0.4 is 5.73 Å². The van der Waals surface area contributed by atoms with Crippen molar-refractivity contribution in [1.29, 1.82) is 0 Å². The van der Waals surface area contributed by atoms with Crippen molar-refractivity contribution in [2.75, 3.05) is 5.73 Å². The molecule has 0 aliphatic carbocycles. The molecule has 84 valence electrons. The lowest BCUT2D eigenvalue weighted by molar-refractivity contribution is 1.29. The predicted molar refractivity (Wildman–Crippen MR) is 70.7 cm³/mol. The van der Waals surface area contributed by atoms with Gasteiger partial charge in [0.1, 0.15) is 0 Å². The van der Waals surface area contributed by atoms with Crippen molar-refractivity contribution in [1.82, 2.24) is 9.97 Å². The lowest BCUT2D eigenvalue weighted by Gasteiger charge is -1.97. The summed E-state index contributed by atoms with van der Waals surface area (Å²) in [5, 5.41) is 1.19. The smallest absolute Gasteiger partial charge is 0.0885 e. The number of nitrogens with zero attached hydrogens (tertiary/aromatic N) is 1. The first-order valence-corrected chi connectivity index (χ1v) is 5.54. The molecule has 2 heterocycles. The Balaban J connectivity index is 2.18. The second-order valence-electron chi connectivity index (χ2n) is 4.25. The number of aromatic amines is 1. The Labute approximate surface area is 99.3 Å². The van der Waals surface area contributed by atoms with Gasteiger partial charge in [-0.05, 0) is 36.8 Å². The molecule has 3 N–H and O–H groups in total. The molecule has 17 heavy (non-hydrogen) atoms. The Kier molecular flexibility index (Phi) is 2.11. The van der Waals surface area contributed by atoms with Gasteiger partial charge in [-0.2, -0.15) is 0 Å². The van der Waals surface area contributed by atoms with E-state index < -0.39 is 0 Å². The van der Waals surface area contributed by atoms with Crippen LogP contribution in [0.4, 0.5) is 5.69 Å². The van der Waals surface area contributed by atoms with Gasteiger partial charge in [-0.15, -0.1) is 0 Å². The van der Waals surface area contributed by atoms with Crippen LogP contribution in [0.3, 0.4) is 0 Å². The fraction of sp³-hybridized carbons (Fsp3) is 0.0714. The van der Waals surface area contributed by atoms with Gasteiger partial charge in [0.15, 0.2) is 0 Å². The number of anilines is 1. The number of pyridine rings is 1. The quantitative estimate of drug-likeness (QED) is 0.666. The highest BCUT2D eigenvalue weighted by Gasteiger charge is 2.04. The van der Waals surface area contributed by atoms with Gasteiger partial charge < -0.3 is 10.7 Å². The van der Waals surface area contributed by atoms with Gasteiger partial charge in [0.05, 0.1) is 11.4 Å². The summed E-state index contributed by atoms with van der Waals surface area (Å²) in [6.45, 7) is 2.08. The number of aromatic nitrogens is 2. The monoisotopic (exact) mass is 223 g/mol. The Morgan fingerprint density at radius 3 is 2.82 bits per heavy atom. The maximum absolute atomic E-state index is 5.76. The molecule has 0 aliphatic heterocycles. The molecule has 1 aromatic carbocycles. The second kappa shape index (κ2) is 3.63. The molecular weight excluding hydrogens is 210 g/mol. The van der Waals surface area contributed by atoms with Crippen molar-refractivity contribution in [2.24, 2.45) is 0 Å². The molecule has 3 nitrogen and oxygen atoms in total. The zero-order chi connectivity index (χ0) is 11.8. The first-order valence-electron chi connectivity index (χ1n) is 5.54. The summed E-state index contributed by atoms with van der Waals surface area (Å²) in [7, 11) is 0. The summed E-state index contributed by atoms with van der Waals surface area (Å²) >= 11 is 0. The molecule has 0 saturated carbocycles. The number of fused-ring (bicyclic) bond motifs is 1. The molecule has 0 fully saturated rings. The number of hydrogen-bond donors (Lipinski definition) is 2. The largest absolute Gasteiger partial charge is 0.399 e. The summed E-state index contributed by atoms with van der Waals surface area (Å²) in [6.07, 6.45) is 1.72. The van der Waals surface area contributed by atoms with Crippen LogP contribution in [0.1, 0.15) is 5.56 Å². The molecule has 0 saturated heterocycles. The normalized spacial score (nSPS) is 10.9. The molecular formula is C14H13N3. The first-order chi connectivity index (χ1) is 8.22. The fourth-order valence-corrected chi connectivity index (χ4v) is 1.97. The van der Waals surface area contributed by atoms with Crippen molar-refractivity contribution >= 4 is 16.6 Å². The molecule has 0 amide bonds. The van der Waals surface area contributed by atoms with Gasteiger partial charge >= 0.3 is 0 Å². The number of H-pyrrole nitrogens is 1. The number of aryl methyl sites for hydroxylation is 1. The third-order valence-electron chi connectivity index (χ3n) is 2.84. The van der Waals surface area contributed by atoms with E-state index in [0.717, 1.165) is 22.6 Å². The second-order valence-corrected chi connectivity index (χ2v) is 4.25. The van der Waals surface area contributed by atoms with E-state index in [1.54, 1.807) is 12.3 Å². The van der Waals surface area contributed by atoms with Crippen LogP contribution in [-0.4, -0.2) is 9.97 Å². The summed E-state index contributed by atoms with van der Waals surface area (Å²) < 4.78 is 0. The van der Waals surface area contributed by atoms with E-state index in [1.165, 1.54) is 10.9 Å². The lowest BCUT2D eigenvalue weighted by atomic mass is 10.2. The minimum absolute atomic E-state index is 0.727. The van der Waals surface area contributed by atoms with E-state index in [0.29, 0.717) is 0 Å². The van der Waals surface area contributed by atoms with Crippen molar-refractivity contribution < 1.29 is 0 Å². The van der Waals surface area contributed by atoms with Crippen LogP contribution in [0.25, 0.3) is 22.3 Å². The average Bonchev–Trinajstić information content (AvgIpc) is 2.72. The number of nitrogens with two attached hydrogens (primary N) is 1. The van der Waals surface area contributed by atoms with Crippen molar-refractivity contribution in [2.45, 2.75) is 6.92 Å². The molecule has 3 rings (SSSR count). The Morgan fingerprint density at radius 1 is 1.12 bits per heavy atom. The van der Waals surface area contributed by atoms with Crippen LogP contribution in [-0.2, 0) is 0 Å². The molecule has 0 spiro atoms. The predicted octanol–water partition coefficient (Wildman–Crippen LogP) is 3.12.